The van der Waals surface area contributed by atoms with E-state index >= 15 is 0 Å². The summed E-state index contributed by atoms with van der Waals surface area (Å²) < 4.78 is 0. The number of hydrogen-bond donors (Lipinski definition) is 2. The number of amides is 1. The zero-order valence-corrected chi connectivity index (χ0v) is 14.6. The Morgan fingerprint density at radius 3 is 2.32 bits per heavy atom. The predicted octanol–water partition coefficient (Wildman–Crippen LogP) is 2.22. The highest BCUT2D eigenvalue weighted by Crippen LogP contribution is 2.45. The molecule has 0 atom stereocenters. The average Bonchev–Trinajstić information content (AvgIpc) is 2.34. The fourth-order valence-corrected chi connectivity index (χ4v) is 4.08. The highest BCUT2D eigenvalue weighted by Gasteiger charge is 2.39. The van der Waals surface area contributed by atoms with Crippen molar-refractivity contribution in [1.82, 2.24) is 20.5 Å². The van der Waals surface area contributed by atoms with Crippen LogP contribution < -0.4 is 10.9 Å². The normalized spacial score (nSPS) is 20.6. The lowest BCUT2D eigenvalue weighted by Gasteiger charge is -2.45. The van der Waals surface area contributed by atoms with E-state index in [1.807, 2.05) is 0 Å². The number of aromatic nitrogens is 3. The lowest BCUT2D eigenvalue weighted by atomic mass is 9.63. The average molecular weight is 324 g/mol. The molecule has 7 heteroatoms. The third-order valence-electron chi connectivity index (χ3n) is 3.98. The van der Waals surface area contributed by atoms with Crippen molar-refractivity contribution in [2.45, 2.75) is 58.2 Å². The van der Waals surface area contributed by atoms with Crippen LogP contribution >= 0.6 is 11.8 Å². The number of thioether (sulfide) groups is 1. The number of nitrogens with one attached hydrogen (secondary N) is 2. The van der Waals surface area contributed by atoms with Crippen molar-refractivity contribution in [3.8, 4) is 0 Å². The molecule has 1 aliphatic carbocycles. The largest absolute Gasteiger partial charge is 0.348 e. The summed E-state index contributed by atoms with van der Waals surface area (Å²) in [6.07, 6.45) is 4.70. The van der Waals surface area contributed by atoms with Crippen molar-refractivity contribution >= 4 is 17.7 Å². The van der Waals surface area contributed by atoms with Gasteiger partial charge < -0.3 is 5.32 Å². The molecule has 6 nitrogen and oxygen atoms in total. The van der Waals surface area contributed by atoms with Crippen molar-refractivity contribution in [2.75, 3.05) is 6.26 Å². The van der Waals surface area contributed by atoms with Crippen molar-refractivity contribution in [3.05, 3.63) is 16.0 Å². The fraction of sp³-hybridized carbons (Fsp3) is 0.733. The Hall–Kier alpha value is -1.37. The van der Waals surface area contributed by atoms with E-state index in [1.54, 1.807) is 6.26 Å². The molecule has 0 saturated heterocycles. The molecule has 22 heavy (non-hydrogen) atoms. The minimum atomic E-state index is -0.494. The quantitative estimate of drug-likeness (QED) is 0.832. The van der Waals surface area contributed by atoms with E-state index < -0.39 is 11.5 Å². The summed E-state index contributed by atoms with van der Waals surface area (Å²) in [5, 5.41) is 10.9. The molecule has 122 valence electrons. The van der Waals surface area contributed by atoms with E-state index in [0.717, 1.165) is 19.3 Å². The molecule has 1 aliphatic rings. The van der Waals surface area contributed by atoms with Gasteiger partial charge in [-0.2, -0.15) is 0 Å². The van der Waals surface area contributed by atoms with E-state index in [9.17, 15) is 9.59 Å². The summed E-state index contributed by atoms with van der Waals surface area (Å²) in [4.78, 5) is 26.8. The monoisotopic (exact) mass is 324 g/mol. The van der Waals surface area contributed by atoms with Gasteiger partial charge in [-0.3, -0.25) is 14.6 Å². The van der Waals surface area contributed by atoms with Crippen molar-refractivity contribution < 1.29 is 4.79 Å². The number of H-pyrrole nitrogens is 1. The maximum absolute atomic E-state index is 12.3. The first-order valence-electron chi connectivity index (χ1n) is 7.44. The second kappa shape index (κ2) is 6.02. The molecule has 0 unspecified atom stereocenters. The molecule has 0 bridgehead atoms. The number of hydrogen-bond acceptors (Lipinski definition) is 5. The topological polar surface area (TPSA) is 87.7 Å². The molecule has 2 N–H and O–H groups in total. The van der Waals surface area contributed by atoms with Crippen LogP contribution in [0.4, 0.5) is 0 Å². The lowest BCUT2D eigenvalue weighted by molar-refractivity contribution is 0.0708. The van der Waals surface area contributed by atoms with Crippen molar-refractivity contribution in [3.63, 3.8) is 0 Å². The van der Waals surface area contributed by atoms with Crippen LogP contribution in [0.25, 0.3) is 0 Å². The number of carbonyl (C=O) groups excluding carboxylic acids is 1. The number of aromatic amines is 1. The molecule has 0 radical (unpaired) electrons. The summed E-state index contributed by atoms with van der Waals surface area (Å²) in [6, 6.07) is 0.0488. The number of carbonyl (C=O) groups is 1. The van der Waals surface area contributed by atoms with Gasteiger partial charge in [-0.15, -0.1) is 10.2 Å². The van der Waals surface area contributed by atoms with Crippen molar-refractivity contribution in [2.24, 2.45) is 10.8 Å². The third kappa shape index (κ3) is 4.09. The van der Waals surface area contributed by atoms with Crippen LogP contribution in [0.5, 0.6) is 0 Å². The van der Waals surface area contributed by atoms with Gasteiger partial charge in [0.2, 0.25) is 5.69 Å². The minimum Gasteiger partial charge on any atom is -0.348 e. The Balaban J connectivity index is 2.13. The van der Waals surface area contributed by atoms with Crippen LogP contribution in [-0.4, -0.2) is 33.4 Å². The van der Waals surface area contributed by atoms with E-state index in [1.165, 1.54) is 11.8 Å². The molecular formula is C15H24N4O2S. The lowest BCUT2D eigenvalue weighted by Crippen LogP contribution is -2.47. The molecule has 1 saturated carbocycles. The van der Waals surface area contributed by atoms with Gasteiger partial charge >= 0.3 is 0 Å². The van der Waals surface area contributed by atoms with Gasteiger partial charge in [0.15, 0.2) is 5.16 Å². The first-order valence-corrected chi connectivity index (χ1v) is 8.66. The van der Waals surface area contributed by atoms with Gasteiger partial charge in [0.05, 0.1) is 0 Å². The van der Waals surface area contributed by atoms with Gasteiger partial charge in [-0.25, -0.2) is 0 Å². The van der Waals surface area contributed by atoms with Crippen LogP contribution in [0.15, 0.2) is 9.95 Å². The van der Waals surface area contributed by atoms with Crippen LogP contribution in [0.2, 0.25) is 0 Å². The van der Waals surface area contributed by atoms with Crippen LogP contribution in [0, 0.1) is 10.8 Å². The Bertz CT molecular complexity index is 608. The summed E-state index contributed by atoms with van der Waals surface area (Å²) in [7, 11) is 0. The maximum Gasteiger partial charge on any atom is 0.283 e. The molecule has 1 aromatic heterocycles. The Morgan fingerprint density at radius 1 is 1.23 bits per heavy atom. The minimum absolute atomic E-state index is 0.0488. The fourth-order valence-electron chi connectivity index (χ4n) is 3.76. The van der Waals surface area contributed by atoms with Gasteiger partial charge in [-0.1, -0.05) is 39.5 Å². The molecule has 1 aromatic rings. The molecule has 1 fully saturated rings. The number of nitrogens with zero attached hydrogens (tertiary/aromatic N) is 2. The van der Waals surface area contributed by atoms with Gasteiger partial charge in [0.1, 0.15) is 0 Å². The SMILES string of the molecule is CSc1nnc(C(=O)NC2CC(C)(C)CC(C)(C)C2)c(=O)[nH]1. The Kier molecular flexibility index (Phi) is 4.65. The zero-order chi connectivity index (χ0) is 16.5. The molecule has 1 amide bonds. The number of rotatable bonds is 3. The van der Waals surface area contributed by atoms with Crippen molar-refractivity contribution in [1.29, 1.82) is 0 Å². The highest BCUT2D eigenvalue weighted by atomic mass is 32.2. The Morgan fingerprint density at radius 2 is 1.82 bits per heavy atom. The summed E-state index contributed by atoms with van der Waals surface area (Å²) in [5.41, 5.74) is -0.328. The molecule has 0 aliphatic heterocycles. The molecular weight excluding hydrogens is 300 g/mol. The van der Waals surface area contributed by atoms with Gasteiger partial charge in [0.25, 0.3) is 11.5 Å². The summed E-state index contributed by atoms with van der Waals surface area (Å²) in [6.45, 7) is 8.86. The van der Waals surface area contributed by atoms with Gasteiger partial charge in [0, 0.05) is 6.04 Å². The maximum atomic E-state index is 12.3. The van der Waals surface area contributed by atoms with E-state index in [2.05, 4.69) is 48.2 Å². The molecule has 2 rings (SSSR count). The van der Waals surface area contributed by atoms with E-state index in [0.29, 0.717) is 5.16 Å². The van der Waals surface area contributed by atoms with Crippen LogP contribution in [0.1, 0.15) is 57.4 Å². The zero-order valence-electron chi connectivity index (χ0n) is 13.8. The Labute approximate surface area is 134 Å². The summed E-state index contributed by atoms with van der Waals surface area (Å²) >= 11 is 1.28. The smallest absolute Gasteiger partial charge is 0.283 e. The molecule has 0 aromatic carbocycles. The second-order valence-corrected chi connectivity index (χ2v) is 8.39. The van der Waals surface area contributed by atoms with Crippen LogP contribution in [-0.2, 0) is 0 Å². The third-order valence-corrected chi connectivity index (χ3v) is 4.55. The van der Waals surface area contributed by atoms with E-state index in [-0.39, 0.29) is 22.6 Å². The standard InChI is InChI=1S/C15H24N4O2S/c1-14(2)6-9(7-15(3,4)8-14)16-11(20)10-12(21)17-13(22-5)19-18-10/h9H,6-8H2,1-5H3,(H,16,20)(H,17,19,21). The second-order valence-electron chi connectivity index (χ2n) is 7.60. The predicted molar refractivity (Wildman–Crippen MR) is 87.1 cm³/mol. The molecule has 1 heterocycles. The highest BCUT2D eigenvalue weighted by molar-refractivity contribution is 7.98. The van der Waals surface area contributed by atoms with Gasteiger partial charge in [-0.05, 0) is 36.3 Å². The van der Waals surface area contributed by atoms with Crippen LogP contribution in [0.3, 0.4) is 0 Å². The summed E-state index contributed by atoms with van der Waals surface area (Å²) in [5.74, 6) is -0.445. The first kappa shape index (κ1) is 17.0. The molecule has 0 spiro atoms. The van der Waals surface area contributed by atoms with E-state index in [4.69, 9.17) is 0 Å². The first-order chi connectivity index (χ1) is 10.1.